The van der Waals surface area contributed by atoms with Crippen LogP contribution in [-0.4, -0.2) is 19.0 Å². The zero-order valence-corrected chi connectivity index (χ0v) is 12.5. The van der Waals surface area contributed by atoms with Crippen molar-refractivity contribution in [1.82, 2.24) is 0 Å². The summed E-state index contributed by atoms with van der Waals surface area (Å²) < 4.78 is 11.0. The topological polar surface area (TPSA) is 35.5 Å². The minimum absolute atomic E-state index is 0.0144. The summed E-state index contributed by atoms with van der Waals surface area (Å²) in [4.78, 5) is 12.1. The molecular weight excluding hydrogens is 264 g/mol. The number of aryl methyl sites for hydroxylation is 1. The third-order valence-corrected chi connectivity index (χ3v) is 3.11. The normalized spacial score (nSPS) is 10.2. The second kappa shape index (κ2) is 7.48. The Kier molecular flexibility index (Phi) is 5.38. The maximum atomic E-state index is 12.1. The number of hydrogen-bond donors (Lipinski definition) is 0. The van der Waals surface area contributed by atoms with E-state index in [4.69, 9.17) is 9.47 Å². The van der Waals surface area contributed by atoms with Crippen LogP contribution in [0.3, 0.4) is 0 Å². The molecular formula is C18H20O3. The van der Waals surface area contributed by atoms with Crippen molar-refractivity contribution < 1.29 is 14.3 Å². The molecule has 0 aliphatic rings. The van der Waals surface area contributed by atoms with E-state index in [1.54, 1.807) is 0 Å². The Bertz CT molecular complexity index is 588. The van der Waals surface area contributed by atoms with Crippen LogP contribution in [0.4, 0.5) is 0 Å². The Morgan fingerprint density at radius 3 is 2.19 bits per heavy atom. The van der Waals surface area contributed by atoms with Crippen molar-refractivity contribution in [3.63, 3.8) is 0 Å². The van der Waals surface area contributed by atoms with Crippen molar-refractivity contribution in [3.8, 4) is 11.5 Å². The van der Waals surface area contributed by atoms with Crippen molar-refractivity contribution in [3.05, 3.63) is 59.7 Å². The SMILES string of the molecule is CCCOc1ccc(OCC(=O)c2ccccc2C)cc1. The number of ketones is 1. The molecule has 0 N–H and O–H groups in total. The van der Waals surface area contributed by atoms with Crippen molar-refractivity contribution in [2.75, 3.05) is 13.2 Å². The predicted octanol–water partition coefficient (Wildman–Crippen LogP) is 4.05. The van der Waals surface area contributed by atoms with E-state index in [1.165, 1.54) is 0 Å². The molecule has 0 aliphatic heterocycles. The molecule has 0 atom stereocenters. The molecule has 0 amide bonds. The van der Waals surface area contributed by atoms with E-state index < -0.39 is 0 Å². The number of benzene rings is 2. The summed E-state index contributed by atoms with van der Waals surface area (Å²) in [7, 11) is 0. The quantitative estimate of drug-likeness (QED) is 0.720. The van der Waals surface area contributed by atoms with Gasteiger partial charge in [0, 0.05) is 5.56 Å². The van der Waals surface area contributed by atoms with Gasteiger partial charge in [0.05, 0.1) is 6.61 Å². The summed E-state index contributed by atoms with van der Waals surface area (Å²) in [5.74, 6) is 1.47. The fourth-order valence-electron chi connectivity index (χ4n) is 1.96. The van der Waals surface area contributed by atoms with E-state index >= 15 is 0 Å². The lowest BCUT2D eigenvalue weighted by molar-refractivity contribution is 0.0921. The van der Waals surface area contributed by atoms with E-state index in [1.807, 2.05) is 55.5 Å². The summed E-state index contributed by atoms with van der Waals surface area (Å²) in [6, 6.07) is 14.9. The van der Waals surface area contributed by atoms with Crippen LogP contribution >= 0.6 is 0 Å². The van der Waals surface area contributed by atoms with Gasteiger partial charge in [0.1, 0.15) is 11.5 Å². The summed E-state index contributed by atoms with van der Waals surface area (Å²) in [6.45, 7) is 4.73. The standard InChI is InChI=1S/C18H20O3/c1-3-12-20-15-8-10-16(11-9-15)21-13-18(19)17-7-5-4-6-14(17)2/h4-11H,3,12-13H2,1-2H3. The molecule has 3 heteroatoms. The third kappa shape index (κ3) is 4.35. The van der Waals surface area contributed by atoms with E-state index in [0.717, 1.165) is 17.7 Å². The van der Waals surface area contributed by atoms with Gasteiger partial charge in [-0.25, -0.2) is 0 Å². The Morgan fingerprint density at radius 2 is 1.57 bits per heavy atom. The van der Waals surface area contributed by atoms with Gasteiger partial charge in [-0.3, -0.25) is 4.79 Å². The number of ether oxygens (including phenoxy) is 2. The molecule has 2 aromatic carbocycles. The molecule has 0 saturated heterocycles. The molecule has 0 spiro atoms. The van der Waals surface area contributed by atoms with Gasteiger partial charge in [-0.2, -0.15) is 0 Å². The van der Waals surface area contributed by atoms with Crippen LogP contribution < -0.4 is 9.47 Å². The van der Waals surface area contributed by atoms with Gasteiger partial charge in [0.15, 0.2) is 12.4 Å². The fraction of sp³-hybridized carbons (Fsp3) is 0.278. The Hall–Kier alpha value is -2.29. The average Bonchev–Trinajstić information content (AvgIpc) is 2.52. The zero-order chi connectivity index (χ0) is 15.1. The summed E-state index contributed by atoms with van der Waals surface area (Å²) >= 11 is 0. The number of Topliss-reactive ketones (excluding diaryl/α,β-unsaturated/α-hetero) is 1. The number of rotatable bonds is 7. The highest BCUT2D eigenvalue weighted by molar-refractivity contribution is 5.98. The number of hydrogen-bond acceptors (Lipinski definition) is 3. The van der Waals surface area contributed by atoms with Crippen LogP contribution in [0.25, 0.3) is 0 Å². The second-order valence-electron chi connectivity index (χ2n) is 4.85. The molecule has 2 aromatic rings. The monoisotopic (exact) mass is 284 g/mol. The van der Waals surface area contributed by atoms with E-state index in [0.29, 0.717) is 17.9 Å². The van der Waals surface area contributed by atoms with Gasteiger partial charge in [-0.05, 0) is 43.2 Å². The highest BCUT2D eigenvalue weighted by Crippen LogP contribution is 2.18. The van der Waals surface area contributed by atoms with Crippen molar-refractivity contribution >= 4 is 5.78 Å². The van der Waals surface area contributed by atoms with Crippen LogP contribution in [0.1, 0.15) is 29.3 Å². The summed E-state index contributed by atoms with van der Waals surface area (Å²) in [6.07, 6.45) is 0.975. The lowest BCUT2D eigenvalue weighted by Gasteiger charge is -2.08. The van der Waals surface area contributed by atoms with Crippen molar-refractivity contribution in [2.24, 2.45) is 0 Å². The van der Waals surface area contributed by atoms with Gasteiger partial charge < -0.3 is 9.47 Å². The average molecular weight is 284 g/mol. The van der Waals surface area contributed by atoms with Crippen LogP contribution in [0, 0.1) is 6.92 Å². The smallest absolute Gasteiger partial charge is 0.200 e. The van der Waals surface area contributed by atoms with Crippen molar-refractivity contribution in [1.29, 1.82) is 0 Å². The highest BCUT2D eigenvalue weighted by Gasteiger charge is 2.09. The van der Waals surface area contributed by atoms with Gasteiger partial charge in [0.25, 0.3) is 0 Å². The van der Waals surface area contributed by atoms with Crippen LogP contribution in [-0.2, 0) is 0 Å². The summed E-state index contributed by atoms with van der Waals surface area (Å²) in [5, 5.41) is 0. The minimum atomic E-state index is -0.0144. The first-order chi connectivity index (χ1) is 10.2. The van der Waals surface area contributed by atoms with Gasteiger partial charge in [-0.1, -0.05) is 31.2 Å². The van der Waals surface area contributed by atoms with Gasteiger partial charge in [-0.15, -0.1) is 0 Å². The number of carbonyl (C=O) groups excluding carboxylic acids is 1. The minimum Gasteiger partial charge on any atom is -0.494 e. The molecule has 0 bridgehead atoms. The summed E-state index contributed by atoms with van der Waals surface area (Å²) in [5.41, 5.74) is 1.68. The first kappa shape index (κ1) is 15.1. The maximum Gasteiger partial charge on any atom is 0.200 e. The lowest BCUT2D eigenvalue weighted by atomic mass is 10.1. The van der Waals surface area contributed by atoms with E-state index in [9.17, 15) is 4.79 Å². The molecule has 2 rings (SSSR count). The first-order valence-corrected chi connectivity index (χ1v) is 7.15. The van der Waals surface area contributed by atoms with E-state index in [-0.39, 0.29) is 12.4 Å². The van der Waals surface area contributed by atoms with Crippen LogP contribution in [0.5, 0.6) is 11.5 Å². The molecule has 21 heavy (non-hydrogen) atoms. The molecule has 0 aromatic heterocycles. The Balaban J connectivity index is 1.91. The number of carbonyl (C=O) groups is 1. The fourth-order valence-corrected chi connectivity index (χ4v) is 1.96. The van der Waals surface area contributed by atoms with Gasteiger partial charge >= 0.3 is 0 Å². The largest absolute Gasteiger partial charge is 0.494 e. The third-order valence-electron chi connectivity index (χ3n) is 3.11. The predicted molar refractivity (Wildman–Crippen MR) is 83.2 cm³/mol. The zero-order valence-electron chi connectivity index (χ0n) is 12.5. The molecule has 0 heterocycles. The van der Waals surface area contributed by atoms with Crippen molar-refractivity contribution in [2.45, 2.75) is 20.3 Å². The maximum absolute atomic E-state index is 12.1. The molecule has 110 valence electrons. The Morgan fingerprint density at radius 1 is 0.952 bits per heavy atom. The molecule has 0 unspecified atom stereocenters. The van der Waals surface area contributed by atoms with Gasteiger partial charge in [0.2, 0.25) is 0 Å². The molecule has 3 nitrogen and oxygen atoms in total. The second-order valence-corrected chi connectivity index (χ2v) is 4.85. The lowest BCUT2D eigenvalue weighted by Crippen LogP contribution is -2.12. The molecule has 0 saturated carbocycles. The van der Waals surface area contributed by atoms with Crippen LogP contribution in [0.2, 0.25) is 0 Å². The molecule has 0 radical (unpaired) electrons. The Labute approximate surface area is 125 Å². The molecule has 0 fully saturated rings. The highest BCUT2D eigenvalue weighted by atomic mass is 16.5. The van der Waals surface area contributed by atoms with Crippen LogP contribution in [0.15, 0.2) is 48.5 Å². The first-order valence-electron chi connectivity index (χ1n) is 7.15. The molecule has 0 aliphatic carbocycles. The van der Waals surface area contributed by atoms with E-state index in [2.05, 4.69) is 6.92 Å².